The van der Waals surface area contributed by atoms with Gasteiger partial charge in [0.05, 0.1) is 11.3 Å². The van der Waals surface area contributed by atoms with Crippen LogP contribution in [-0.4, -0.2) is 34.3 Å². The predicted molar refractivity (Wildman–Crippen MR) is 87.9 cm³/mol. The molecule has 0 aromatic rings. The summed E-state index contributed by atoms with van der Waals surface area (Å²) in [5, 5.41) is 3.17. The van der Waals surface area contributed by atoms with Crippen molar-refractivity contribution in [2.24, 2.45) is 16.6 Å². The van der Waals surface area contributed by atoms with E-state index in [1.54, 1.807) is 6.26 Å². The highest BCUT2D eigenvalue weighted by Crippen LogP contribution is 2.37. The number of guanidine groups is 1. The summed E-state index contributed by atoms with van der Waals surface area (Å²) in [4.78, 5) is 4.36. The molecule has 0 aliphatic heterocycles. The van der Waals surface area contributed by atoms with Crippen molar-refractivity contribution in [3.8, 4) is 0 Å². The van der Waals surface area contributed by atoms with Crippen molar-refractivity contribution in [1.82, 2.24) is 5.32 Å². The molecule has 18 heavy (non-hydrogen) atoms. The van der Waals surface area contributed by atoms with Crippen LogP contribution in [0.1, 0.15) is 38.5 Å². The number of halogens is 1. The van der Waals surface area contributed by atoms with E-state index in [1.807, 2.05) is 0 Å². The Morgan fingerprint density at radius 1 is 1.44 bits per heavy atom. The largest absolute Gasteiger partial charge is 0.370 e. The number of hydrogen-bond donors (Lipinski definition) is 2. The van der Waals surface area contributed by atoms with Crippen LogP contribution in [0.25, 0.3) is 0 Å². The van der Waals surface area contributed by atoms with Gasteiger partial charge in [-0.25, -0.2) is 0 Å². The third-order valence-corrected chi connectivity index (χ3v) is 5.97. The van der Waals surface area contributed by atoms with E-state index in [4.69, 9.17) is 5.73 Å². The van der Waals surface area contributed by atoms with E-state index in [1.165, 1.54) is 25.7 Å². The van der Waals surface area contributed by atoms with Crippen molar-refractivity contribution in [2.75, 3.05) is 19.3 Å². The Balaban J connectivity index is 0.00000162. The van der Waals surface area contributed by atoms with E-state index in [0.717, 1.165) is 25.3 Å². The molecule has 2 saturated carbocycles. The number of nitrogens with one attached hydrogen (secondary N) is 1. The third-order valence-electron chi connectivity index (χ3n) is 4.21. The number of rotatable bonds is 5. The van der Waals surface area contributed by atoms with Crippen molar-refractivity contribution < 1.29 is 4.21 Å². The van der Waals surface area contributed by atoms with E-state index in [0.29, 0.717) is 12.5 Å². The van der Waals surface area contributed by atoms with Gasteiger partial charge in [0, 0.05) is 23.6 Å². The summed E-state index contributed by atoms with van der Waals surface area (Å²) in [6.07, 6.45) is 8.97. The highest BCUT2D eigenvalue weighted by Gasteiger charge is 2.40. The van der Waals surface area contributed by atoms with Crippen LogP contribution in [0.15, 0.2) is 4.99 Å². The Hall–Kier alpha value is 0.150. The Labute approximate surface area is 129 Å². The first-order chi connectivity index (χ1) is 8.12. The van der Waals surface area contributed by atoms with Gasteiger partial charge in [-0.15, -0.1) is 24.0 Å². The Kier molecular flexibility index (Phi) is 6.37. The summed E-state index contributed by atoms with van der Waals surface area (Å²) >= 11 is 0. The lowest BCUT2D eigenvalue weighted by Gasteiger charge is -2.38. The first kappa shape index (κ1) is 16.2. The van der Waals surface area contributed by atoms with Crippen molar-refractivity contribution in [3.05, 3.63) is 0 Å². The molecule has 0 saturated heterocycles. The lowest BCUT2D eigenvalue weighted by atomic mass is 9.84. The topological polar surface area (TPSA) is 67.5 Å². The third kappa shape index (κ3) is 3.82. The van der Waals surface area contributed by atoms with Gasteiger partial charge < -0.3 is 11.1 Å². The zero-order valence-electron chi connectivity index (χ0n) is 11.0. The van der Waals surface area contributed by atoms with Gasteiger partial charge in [0.15, 0.2) is 5.96 Å². The smallest absolute Gasteiger partial charge is 0.188 e. The van der Waals surface area contributed by atoms with Crippen LogP contribution >= 0.6 is 24.0 Å². The molecule has 4 nitrogen and oxygen atoms in total. The second-order valence-electron chi connectivity index (χ2n) is 5.37. The van der Waals surface area contributed by atoms with Gasteiger partial charge in [0.25, 0.3) is 0 Å². The summed E-state index contributed by atoms with van der Waals surface area (Å²) in [5.74, 6) is 1.30. The van der Waals surface area contributed by atoms with E-state index in [9.17, 15) is 4.21 Å². The molecule has 0 radical (unpaired) electrons. The minimum atomic E-state index is -0.792. The SMILES string of the molecule is CS(=O)C1(CN=C(N)NCC2CCC2)CCC1.I. The molecule has 0 amide bonds. The van der Waals surface area contributed by atoms with Gasteiger partial charge in [-0.1, -0.05) is 12.8 Å². The predicted octanol–water partition coefficient (Wildman–Crippen LogP) is 1.61. The van der Waals surface area contributed by atoms with Gasteiger partial charge in [-0.05, 0) is 31.6 Å². The summed E-state index contributed by atoms with van der Waals surface area (Å²) in [6, 6.07) is 0. The molecule has 3 N–H and O–H groups in total. The highest BCUT2D eigenvalue weighted by molar-refractivity contribution is 14.0. The van der Waals surface area contributed by atoms with E-state index < -0.39 is 10.8 Å². The molecule has 2 fully saturated rings. The maximum Gasteiger partial charge on any atom is 0.188 e. The minimum absolute atomic E-state index is 0. The highest BCUT2D eigenvalue weighted by atomic mass is 127. The maximum absolute atomic E-state index is 11.7. The fourth-order valence-corrected chi connectivity index (χ4v) is 3.45. The molecule has 6 heteroatoms. The number of aliphatic imine (C=N–C) groups is 1. The van der Waals surface area contributed by atoms with Crippen molar-refractivity contribution >= 4 is 40.7 Å². The number of nitrogens with two attached hydrogens (primary N) is 1. The van der Waals surface area contributed by atoms with Crippen LogP contribution in [-0.2, 0) is 10.8 Å². The van der Waals surface area contributed by atoms with Gasteiger partial charge in [0.1, 0.15) is 0 Å². The summed E-state index contributed by atoms with van der Waals surface area (Å²) in [7, 11) is -0.792. The van der Waals surface area contributed by atoms with Gasteiger partial charge in [0.2, 0.25) is 0 Å². The van der Waals surface area contributed by atoms with Gasteiger partial charge >= 0.3 is 0 Å². The average molecular weight is 385 g/mol. The van der Waals surface area contributed by atoms with Crippen molar-refractivity contribution in [2.45, 2.75) is 43.3 Å². The molecule has 2 aliphatic rings. The molecule has 1 atom stereocenters. The molecule has 0 aromatic heterocycles. The monoisotopic (exact) mass is 385 g/mol. The van der Waals surface area contributed by atoms with Crippen LogP contribution in [0, 0.1) is 5.92 Å². The number of nitrogens with zero attached hydrogens (tertiary/aromatic N) is 1. The van der Waals surface area contributed by atoms with E-state index in [2.05, 4.69) is 10.3 Å². The molecule has 0 spiro atoms. The first-order valence-corrected chi connectivity index (χ1v) is 8.05. The zero-order valence-corrected chi connectivity index (χ0v) is 14.1. The molecule has 2 rings (SSSR count). The van der Waals surface area contributed by atoms with Crippen molar-refractivity contribution in [3.63, 3.8) is 0 Å². The van der Waals surface area contributed by atoms with Crippen LogP contribution in [0.2, 0.25) is 0 Å². The molecule has 0 heterocycles. The van der Waals surface area contributed by atoms with Gasteiger partial charge in [-0.2, -0.15) is 0 Å². The Morgan fingerprint density at radius 2 is 2.11 bits per heavy atom. The standard InChI is InChI=1S/C12H23N3OS.HI/c1-17(16)12(6-3-7-12)9-15-11(13)14-8-10-4-2-5-10;/h10H,2-9H2,1H3,(H3,13,14,15);1H. The lowest BCUT2D eigenvalue weighted by Crippen LogP contribution is -2.45. The van der Waals surface area contributed by atoms with Crippen LogP contribution in [0.3, 0.4) is 0 Å². The van der Waals surface area contributed by atoms with E-state index in [-0.39, 0.29) is 28.7 Å². The van der Waals surface area contributed by atoms with Gasteiger partial charge in [-0.3, -0.25) is 9.20 Å². The minimum Gasteiger partial charge on any atom is -0.370 e. The first-order valence-electron chi connectivity index (χ1n) is 6.50. The van der Waals surface area contributed by atoms with Crippen LogP contribution < -0.4 is 11.1 Å². The van der Waals surface area contributed by atoms with Crippen molar-refractivity contribution in [1.29, 1.82) is 0 Å². The molecule has 106 valence electrons. The summed E-state index contributed by atoms with van der Waals surface area (Å²) < 4.78 is 11.6. The lowest BCUT2D eigenvalue weighted by molar-refractivity contribution is 0.315. The quantitative estimate of drug-likeness (QED) is 0.429. The normalized spacial score (nSPS) is 24.4. The second-order valence-corrected chi connectivity index (χ2v) is 7.14. The second kappa shape index (κ2) is 7.07. The fourth-order valence-electron chi connectivity index (χ4n) is 2.34. The average Bonchev–Trinajstić information content (AvgIpc) is 2.12. The Bertz CT molecular complexity index is 327. The molecular formula is C12H24IN3OS. The summed E-state index contributed by atoms with van der Waals surface area (Å²) in [5.41, 5.74) is 5.83. The van der Waals surface area contributed by atoms with E-state index >= 15 is 0 Å². The molecule has 2 aliphatic carbocycles. The molecular weight excluding hydrogens is 361 g/mol. The number of hydrogen-bond acceptors (Lipinski definition) is 2. The maximum atomic E-state index is 11.7. The molecule has 0 bridgehead atoms. The molecule has 1 unspecified atom stereocenters. The Morgan fingerprint density at radius 3 is 2.50 bits per heavy atom. The zero-order chi connectivity index (χ0) is 12.3. The van der Waals surface area contributed by atoms with Crippen LogP contribution in [0.4, 0.5) is 0 Å². The molecule has 0 aromatic carbocycles. The summed E-state index contributed by atoms with van der Waals surface area (Å²) in [6.45, 7) is 1.55. The van der Waals surface area contributed by atoms with Crippen LogP contribution in [0.5, 0.6) is 0 Å². The fraction of sp³-hybridized carbons (Fsp3) is 0.917.